The normalized spacial score (nSPS) is 13.2. The molecule has 0 fully saturated rings. The van der Waals surface area contributed by atoms with Crippen LogP contribution in [0.15, 0.2) is 27.8 Å². The van der Waals surface area contributed by atoms with E-state index in [1.807, 2.05) is 13.8 Å². The molecule has 7 nitrogen and oxygen atoms in total. The van der Waals surface area contributed by atoms with E-state index < -0.39 is 11.5 Å². The van der Waals surface area contributed by atoms with E-state index in [4.69, 9.17) is 16.3 Å². The number of nitrogens with one attached hydrogen (secondary N) is 2. The number of ether oxygens (including phenoxy) is 1. The fraction of sp³-hybridized carbons (Fsp3) is 0.381. The topological polar surface area (TPSA) is 93.2 Å². The van der Waals surface area contributed by atoms with Gasteiger partial charge in [-0.3, -0.25) is 14.2 Å². The summed E-state index contributed by atoms with van der Waals surface area (Å²) in [5.74, 6) is -0.467. The van der Waals surface area contributed by atoms with Crippen LogP contribution in [0.1, 0.15) is 32.7 Å². The van der Waals surface area contributed by atoms with E-state index in [0.717, 1.165) is 6.07 Å². The van der Waals surface area contributed by atoms with Crippen LogP contribution in [0.4, 0.5) is 4.39 Å². The lowest BCUT2D eigenvalue weighted by molar-refractivity contribution is -0.109. The van der Waals surface area contributed by atoms with Crippen molar-refractivity contribution in [2.75, 3.05) is 13.7 Å². The van der Waals surface area contributed by atoms with Crippen molar-refractivity contribution >= 4 is 39.6 Å². The van der Waals surface area contributed by atoms with Crippen LogP contribution in [0, 0.1) is 11.7 Å². The first-order valence-electron chi connectivity index (χ1n) is 9.79. The van der Waals surface area contributed by atoms with E-state index >= 15 is 0 Å². The largest absolute Gasteiger partial charge is 0.494 e. The van der Waals surface area contributed by atoms with Gasteiger partial charge in [0.2, 0.25) is 6.41 Å². The van der Waals surface area contributed by atoms with Crippen molar-refractivity contribution < 1.29 is 13.9 Å². The first-order chi connectivity index (χ1) is 14.8. The highest BCUT2D eigenvalue weighted by atomic mass is 35.5. The summed E-state index contributed by atoms with van der Waals surface area (Å²) in [6, 6.07) is 3.96. The number of fused-ring (bicyclic) bond motifs is 1. The molecule has 1 aromatic carbocycles. The van der Waals surface area contributed by atoms with E-state index in [-0.39, 0.29) is 28.3 Å². The number of thiophene rings is 1. The van der Waals surface area contributed by atoms with Crippen LogP contribution < -0.4 is 21.3 Å². The number of rotatable bonds is 9. The highest BCUT2D eigenvalue weighted by molar-refractivity contribution is 7.22. The number of hydrogen-bond acceptors (Lipinski definition) is 5. The zero-order valence-electron chi connectivity index (χ0n) is 17.3. The highest BCUT2D eigenvalue weighted by Crippen LogP contribution is 2.38. The third kappa shape index (κ3) is 4.67. The van der Waals surface area contributed by atoms with Gasteiger partial charge in [-0.15, -0.1) is 11.3 Å². The van der Waals surface area contributed by atoms with Crippen LogP contribution in [-0.2, 0) is 4.79 Å². The molecule has 0 bridgehead atoms. The van der Waals surface area contributed by atoms with Crippen molar-refractivity contribution in [2.45, 2.75) is 32.7 Å². The van der Waals surface area contributed by atoms with Gasteiger partial charge in [0, 0.05) is 23.0 Å². The van der Waals surface area contributed by atoms with Crippen molar-refractivity contribution in [1.29, 1.82) is 0 Å². The summed E-state index contributed by atoms with van der Waals surface area (Å²) in [7, 11) is 1.35. The minimum Gasteiger partial charge on any atom is -0.494 e. The Kier molecular flexibility index (Phi) is 7.17. The smallest absolute Gasteiger partial charge is 0.329 e. The molecule has 0 aliphatic rings. The predicted octanol–water partition coefficient (Wildman–Crippen LogP) is 3.94. The number of halogens is 2. The molecule has 2 atom stereocenters. The Morgan fingerprint density at radius 2 is 2.10 bits per heavy atom. The van der Waals surface area contributed by atoms with Crippen molar-refractivity contribution in [3.63, 3.8) is 0 Å². The minimum absolute atomic E-state index is 0.0340. The lowest BCUT2D eigenvalue weighted by atomic mass is 9.99. The Labute approximate surface area is 186 Å². The zero-order chi connectivity index (χ0) is 22.7. The predicted molar refractivity (Wildman–Crippen MR) is 121 cm³/mol. The number of carbonyl (C=O) groups excluding carboxylic acids is 1. The number of aromatic amines is 1. The minimum atomic E-state index is -0.586. The fourth-order valence-corrected chi connectivity index (χ4v) is 5.00. The summed E-state index contributed by atoms with van der Waals surface area (Å²) in [5.41, 5.74) is 0.0271. The molecule has 3 aromatic rings. The summed E-state index contributed by atoms with van der Waals surface area (Å²) in [6.45, 7) is 4.32. The number of aromatic nitrogens is 2. The molecule has 2 aromatic heterocycles. The molecule has 2 heterocycles. The quantitative estimate of drug-likeness (QED) is 0.466. The average molecular weight is 468 g/mol. The molecule has 1 amide bonds. The van der Waals surface area contributed by atoms with Crippen LogP contribution in [-0.4, -0.2) is 29.6 Å². The van der Waals surface area contributed by atoms with Gasteiger partial charge in [0.25, 0.3) is 5.56 Å². The van der Waals surface area contributed by atoms with Gasteiger partial charge in [0.15, 0.2) is 11.6 Å². The number of H-pyrrole nitrogens is 1. The Morgan fingerprint density at radius 3 is 2.74 bits per heavy atom. The lowest BCUT2D eigenvalue weighted by Gasteiger charge is -2.21. The molecule has 0 radical (unpaired) electrons. The molecule has 0 aliphatic heterocycles. The van der Waals surface area contributed by atoms with Crippen LogP contribution in [0.25, 0.3) is 20.7 Å². The highest BCUT2D eigenvalue weighted by Gasteiger charge is 2.21. The number of carbonyl (C=O) groups is 1. The average Bonchev–Trinajstić information content (AvgIpc) is 3.15. The van der Waals surface area contributed by atoms with Gasteiger partial charge in [-0.1, -0.05) is 25.4 Å². The second kappa shape index (κ2) is 9.65. The van der Waals surface area contributed by atoms with Crippen molar-refractivity contribution in [2.24, 2.45) is 5.92 Å². The Morgan fingerprint density at radius 1 is 1.35 bits per heavy atom. The van der Waals surface area contributed by atoms with E-state index in [1.54, 1.807) is 6.07 Å². The molecule has 0 saturated carbocycles. The number of methoxy groups -OCH3 is 1. The molecular weight excluding hydrogens is 445 g/mol. The Bertz CT molecular complexity index is 1220. The van der Waals surface area contributed by atoms with E-state index in [0.29, 0.717) is 46.5 Å². The Balaban J connectivity index is 2.08. The number of amides is 1. The summed E-state index contributed by atoms with van der Waals surface area (Å²) >= 11 is 7.40. The molecule has 10 heteroatoms. The molecule has 0 spiro atoms. The maximum absolute atomic E-state index is 13.9. The number of benzene rings is 1. The Hall–Kier alpha value is -2.65. The third-order valence-corrected chi connectivity index (χ3v) is 6.64. The lowest BCUT2D eigenvalue weighted by Crippen LogP contribution is -2.38. The molecule has 2 N–H and O–H groups in total. The molecular formula is C21H23ClFN3O4S. The number of hydrogen-bond donors (Lipinski definition) is 2. The summed E-state index contributed by atoms with van der Waals surface area (Å²) in [5, 5.41) is 2.80. The van der Waals surface area contributed by atoms with Crippen LogP contribution in [0.5, 0.6) is 5.75 Å². The third-order valence-electron chi connectivity index (χ3n) is 5.17. The summed E-state index contributed by atoms with van der Waals surface area (Å²) in [4.78, 5) is 39.9. The van der Waals surface area contributed by atoms with E-state index in [2.05, 4.69) is 10.3 Å². The second-order valence-electron chi connectivity index (χ2n) is 7.35. The maximum Gasteiger partial charge on any atom is 0.329 e. The zero-order valence-corrected chi connectivity index (χ0v) is 18.9. The van der Waals surface area contributed by atoms with Crippen LogP contribution >= 0.6 is 22.9 Å². The van der Waals surface area contributed by atoms with Gasteiger partial charge in [0.1, 0.15) is 4.70 Å². The van der Waals surface area contributed by atoms with Crippen molar-refractivity contribution in [1.82, 2.24) is 14.9 Å². The standard InChI is InChI=1S/C21H23ClFN3O4S/c1-4-12(5-11(2)9-24-10-27)26-20(28)19-16(25-21(26)29)8-18(31-19)13-6-17(30-3)15(23)7-14(13)22/h6-8,10-12H,4-5,9H2,1-3H3,(H,24,27)(H,25,29). The molecule has 31 heavy (non-hydrogen) atoms. The molecule has 0 aliphatic carbocycles. The van der Waals surface area contributed by atoms with Crippen molar-refractivity contribution in [3.8, 4) is 16.2 Å². The summed E-state index contributed by atoms with van der Waals surface area (Å²) < 4.78 is 20.6. The monoisotopic (exact) mass is 467 g/mol. The van der Waals surface area contributed by atoms with Crippen LogP contribution in [0.3, 0.4) is 0 Å². The molecule has 166 valence electrons. The fourth-order valence-electron chi connectivity index (χ4n) is 3.61. The molecule has 2 unspecified atom stereocenters. The SMILES string of the molecule is CCC(CC(C)CNC=O)n1c(=O)[nH]c2cc(-c3cc(OC)c(F)cc3Cl)sc2c1=O. The second-order valence-corrected chi connectivity index (χ2v) is 8.81. The van der Waals surface area contributed by atoms with Gasteiger partial charge in [-0.05, 0) is 37.0 Å². The first-order valence-corrected chi connectivity index (χ1v) is 11.0. The van der Waals surface area contributed by atoms with Gasteiger partial charge < -0.3 is 15.0 Å². The van der Waals surface area contributed by atoms with E-state index in [1.165, 1.54) is 29.1 Å². The van der Waals surface area contributed by atoms with Gasteiger partial charge in [-0.25, -0.2) is 9.18 Å². The van der Waals surface area contributed by atoms with Crippen LogP contribution in [0.2, 0.25) is 5.02 Å². The number of nitrogens with zero attached hydrogens (tertiary/aromatic N) is 1. The summed E-state index contributed by atoms with van der Waals surface area (Å²) in [6.07, 6.45) is 1.77. The molecule has 0 saturated heterocycles. The van der Waals surface area contributed by atoms with Gasteiger partial charge in [-0.2, -0.15) is 0 Å². The first kappa shape index (κ1) is 23.0. The van der Waals surface area contributed by atoms with E-state index in [9.17, 15) is 18.8 Å². The maximum atomic E-state index is 13.9. The van der Waals surface area contributed by atoms with Gasteiger partial charge in [0.05, 0.1) is 17.6 Å². The van der Waals surface area contributed by atoms with Crippen molar-refractivity contribution in [3.05, 3.63) is 49.9 Å². The molecule has 3 rings (SSSR count). The van der Waals surface area contributed by atoms with Gasteiger partial charge >= 0.3 is 5.69 Å².